The molecule has 1 saturated heterocycles. The highest BCUT2D eigenvalue weighted by Gasteiger charge is 2.38. The number of rotatable bonds is 11. The van der Waals surface area contributed by atoms with E-state index in [2.05, 4.69) is 20.6 Å². The first-order chi connectivity index (χ1) is 21.7. The summed E-state index contributed by atoms with van der Waals surface area (Å²) in [5.41, 5.74) is -1.91. The van der Waals surface area contributed by atoms with E-state index in [4.69, 9.17) is 9.94 Å². The lowest BCUT2D eigenvalue weighted by molar-refractivity contribution is -0.182. The number of nitrogens with zero attached hydrogens (tertiary/aromatic N) is 4. The molecule has 0 aliphatic carbocycles. The molecular formula is C30H34F2N6O7S. The molecule has 13 nitrogen and oxygen atoms in total. The van der Waals surface area contributed by atoms with Gasteiger partial charge in [0.2, 0.25) is 5.95 Å². The SMILES string of the molecule is CC(C)(C)N(OC(=O)CCNC(=O)c1ccc(N2CCC(Nc3ncccn3)CC2)c(F)c1F)S(=O)(=O)c1ccc(C(=O)O)cc1. The molecule has 0 bridgehead atoms. The number of carboxylic acids is 1. The molecule has 3 N–H and O–H groups in total. The molecule has 0 radical (unpaired) electrons. The lowest BCUT2D eigenvalue weighted by atomic mass is 10.0. The minimum Gasteiger partial charge on any atom is -0.478 e. The molecule has 1 fully saturated rings. The van der Waals surface area contributed by atoms with Crippen molar-refractivity contribution in [2.24, 2.45) is 0 Å². The Morgan fingerprint density at radius 3 is 2.24 bits per heavy atom. The number of hydrogen-bond donors (Lipinski definition) is 3. The third-order valence-corrected chi connectivity index (χ3v) is 8.93. The average molecular weight is 661 g/mol. The van der Waals surface area contributed by atoms with Crippen LogP contribution in [-0.2, 0) is 19.7 Å². The fourth-order valence-electron chi connectivity index (χ4n) is 4.70. The lowest BCUT2D eigenvalue weighted by Crippen LogP contribution is -2.47. The van der Waals surface area contributed by atoms with E-state index in [0.29, 0.717) is 36.3 Å². The number of piperidine rings is 1. The normalized spacial score (nSPS) is 14.2. The molecule has 4 rings (SSSR count). The number of hydroxylamine groups is 1. The van der Waals surface area contributed by atoms with E-state index in [0.717, 1.165) is 30.3 Å². The summed E-state index contributed by atoms with van der Waals surface area (Å²) in [4.78, 5) is 51.2. The molecule has 0 unspecified atom stereocenters. The maximum Gasteiger partial charge on any atom is 0.335 e. The van der Waals surface area contributed by atoms with E-state index in [9.17, 15) is 27.2 Å². The zero-order valence-electron chi connectivity index (χ0n) is 25.4. The van der Waals surface area contributed by atoms with Crippen molar-refractivity contribution in [3.05, 3.63) is 77.6 Å². The number of aromatic carboxylic acids is 1. The van der Waals surface area contributed by atoms with E-state index >= 15 is 4.39 Å². The number of sulfonamides is 1. The van der Waals surface area contributed by atoms with Gasteiger partial charge in [-0.2, -0.15) is 0 Å². The number of hydrogen-bond acceptors (Lipinski definition) is 10. The Kier molecular flexibility index (Phi) is 10.5. The van der Waals surface area contributed by atoms with Crippen LogP contribution in [0.3, 0.4) is 0 Å². The minimum atomic E-state index is -4.42. The number of benzene rings is 2. The van der Waals surface area contributed by atoms with Crippen LogP contribution < -0.4 is 15.5 Å². The van der Waals surface area contributed by atoms with Crippen LogP contribution in [0.2, 0.25) is 0 Å². The summed E-state index contributed by atoms with van der Waals surface area (Å²) < 4.78 is 57.0. The van der Waals surface area contributed by atoms with Crippen LogP contribution in [0.4, 0.5) is 20.4 Å². The van der Waals surface area contributed by atoms with Crippen molar-refractivity contribution in [2.45, 2.75) is 56.5 Å². The van der Waals surface area contributed by atoms with Crippen molar-refractivity contribution in [1.29, 1.82) is 0 Å². The van der Waals surface area contributed by atoms with Gasteiger partial charge in [-0.3, -0.25) is 9.59 Å². The molecule has 0 saturated carbocycles. The Bertz CT molecular complexity index is 1680. The number of nitrogens with one attached hydrogen (secondary N) is 2. The zero-order chi connectivity index (χ0) is 33.6. The van der Waals surface area contributed by atoms with Crippen molar-refractivity contribution < 1.29 is 41.5 Å². The molecule has 3 aromatic rings. The van der Waals surface area contributed by atoms with Gasteiger partial charge in [0.05, 0.1) is 33.7 Å². The number of carbonyl (C=O) groups is 3. The maximum atomic E-state index is 15.1. The molecule has 46 heavy (non-hydrogen) atoms. The quantitative estimate of drug-likeness (QED) is 0.257. The second kappa shape index (κ2) is 14.2. The smallest absolute Gasteiger partial charge is 0.335 e. The fraction of sp³-hybridized carbons (Fsp3) is 0.367. The van der Waals surface area contributed by atoms with E-state index in [-0.39, 0.29) is 28.7 Å². The number of amides is 1. The highest BCUT2D eigenvalue weighted by atomic mass is 32.2. The molecule has 0 spiro atoms. The van der Waals surface area contributed by atoms with Crippen LogP contribution in [0.5, 0.6) is 0 Å². The highest BCUT2D eigenvalue weighted by molar-refractivity contribution is 7.89. The molecule has 246 valence electrons. The van der Waals surface area contributed by atoms with Crippen molar-refractivity contribution in [2.75, 3.05) is 29.9 Å². The topological polar surface area (TPSA) is 171 Å². The molecule has 1 amide bonds. The van der Waals surface area contributed by atoms with Gasteiger partial charge in [-0.05, 0) is 80.5 Å². The van der Waals surface area contributed by atoms with Crippen molar-refractivity contribution in [3.8, 4) is 0 Å². The summed E-state index contributed by atoms with van der Waals surface area (Å²) in [5.74, 6) is -5.27. The predicted octanol–water partition coefficient (Wildman–Crippen LogP) is 3.60. The Morgan fingerprint density at radius 1 is 1.02 bits per heavy atom. The third kappa shape index (κ3) is 8.11. The van der Waals surface area contributed by atoms with Gasteiger partial charge < -0.3 is 25.5 Å². The van der Waals surface area contributed by atoms with Crippen LogP contribution >= 0.6 is 0 Å². The van der Waals surface area contributed by atoms with Gasteiger partial charge in [0.25, 0.3) is 15.9 Å². The van der Waals surface area contributed by atoms with Crippen LogP contribution in [-0.4, -0.2) is 77.0 Å². The molecule has 2 heterocycles. The van der Waals surface area contributed by atoms with E-state index < -0.39 is 57.0 Å². The van der Waals surface area contributed by atoms with Gasteiger partial charge in [0, 0.05) is 38.1 Å². The molecule has 1 aromatic heterocycles. The molecule has 1 aliphatic rings. The molecule has 2 aromatic carbocycles. The van der Waals surface area contributed by atoms with Crippen molar-refractivity contribution in [3.63, 3.8) is 0 Å². The summed E-state index contributed by atoms with van der Waals surface area (Å²) in [7, 11) is -4.42. The highest BCUT2D eigenvalue weighted by Crippen LogP contribution is 2.28. The zero-order valence-corrected chi connectivity index (χ0v) is 26.2. The molecular weight excluding hydrogens is 626 g/mol. The maximum absolute atomic E-state index is 15.1. The summed E-state index contributed by atoms with van der Waals surface area (Å²) in [5, 5.41) is 14.6. The van der Waals surface area contributed by atoms with E-state index in [1.165, 1.54) is 26.8 Å². The number of halogens is 2. The first-order valence-electron chi connectivity index (χ1n) is 14.3. The van der Waals surface area contributed by atoms with Gasteiger partial charge in [0.15, 0.2) is 11.6 Å². The monoisotopic (exact) mass is 660 g/mol. The predicted molar refractivity (Wildman–Crippen MR) is 162 cm³/mol. The largest absolute Gasteiger partial charge is 0.478 e. The summed E-state index contributed by atoms with van der Waals surface area (Å²) >= 11 is 0. The van der Waals surface area contributed by atoms with Gasteiger partial charge in [-0.25, -0.2) is 32.0 Å². The summed E-state index contributed by atoms with van der Waals surface area (Å²) in [6.07, 6.45) is 4.00. The first kappa shape index (κ1) is 34.2. The second-order valence-electron chi connectivity index (χ2n) is 11.4. The Labute approximate surface area is 264 Å². The number of anilines is 2. The van der Waals surface area contributed by atoms with Gasteiger partial charge in [-0.1, -0.05) is 0 Å². The van der Waals surface area contributed by atoms with Gasteiger partial charge in [0.1, 0.15) is 0 Å². The fourth-order valence-corrected chi connectivity index (χ4v) is 6.28. The Morgan fingerprint density at radius 2 is 1.65 bits per heavy atom. The van der Waals surface area contributed by atoms with E-state index in [1.807, 2.05) is 0 Å². The summed E-state index contributed by atoms with van der Waals surface area (Å²) in [6, 6.07) is 8.60. The minimum absolute atomic E-state index is 0.0214. The summed E-state index contributed by atoms with van der Waals surface area (Å²) in [6.45, 7) is 4.94. The Hall–Kier alpha value is -4.70. The van der Waals surface area contributed by atoms with Crippen LogP contribution in [0.1, 0.15) is 60.7 Å². The molecule has 1 aliphatic heterocycles. The van der Waals surface area contributed by atoms with Crippen LogP contribution in [0, 0.1) is 11.6 Å². The first-order valence-corrected chi connectivity index (χ1v) is 15.8. The number of carbonyl (C=O) groups excluding carboxylic acids is 2. The standard InChI is InChI=1S/C30H34F2N6O7S/c1-30(2,3)38(46(43,44)21-7-5-19(6-8-21)28(41)42)45-24(39)11-16-33-27(40)22-9-10-23(26(32)25(22)31)37-17-12-20(13-18-37)36-29-34-14-4-15-35-29/h4-10,14-15,20H,11-13,16-18H2,1-3H3,(H,33,40)(H,41,42)(H,34,35,36). The number of aromatic nitrogens is 2. The lowest BCUT2D eigenvalue weighted by Gasteiger charge is -2.34. The number of carboxylic acid groups (broad SMARTS) is 1. The van der Waals surface area contributed by atoms with Gasteiger partial charge in [-0.15, -0.1) is 0 Å². The second-order valence-corrected chi connectivity index (χ2v) is 13.2. The third-order valence-electron chi connectivity index (χ3n) is 7.01. The van der Waals surface area contributed by atoms with Crippen molar-refractivity contribution >= 4 is 39.5 Å². The Balaban J connectivity index is 1.32. The van der Waals surface area contributed by atoms with Crippen LogP contribution in [0.15, 0.2) is 59.8 Å². The van der Waals surface area contributed by atoms with Crippen molar-refractivity contribution in [1.82, 2.24) is 19.8 Å². The molecule has 0 atom stereocenters. The van der Waals surface area contributed by atoms with E-state index in [1.54, 1.807) is 23.4 Å². The van der Waals surface area contributed by atoms with Crippen LogP contribution in [0.25, 0.3) is 0 Å². The van der Waals surface area contributed by atoms with Gasteiger partial charge >= 0.3 is 11.9 Å². The average Bonchev–Trinajstić information content (AvgIpc) is 3.01. The molecule has 16 heteroatoms.